The molecule has 7 heteroatoms. The second kappa shape index (κ2) is 28.2. The van der Waals surface area contributed by atoms with E-state index in [0.29, 0.717) is 43.4 Å². The van der Waals surface area contributed by atoms with Gasteiger partial charge in [0.2, 0.25) is 0 Å². The standard InChI is InChI=1S/C34H63NO6/c1-2-3-4-5-6-7-8-9-10-11-12-13-14-15-16-17-18-19-20-21-28-35(29-22-25-32(36)37,30-23-26-33(38)39)31-24-27-34(40)41/h10-11H,2-9,12-31H2,1H3,(H2-,36,37,38,39,40,41)/p+1/b11-10+. The zero-order chi connectivity index (χ0) is 30.4. The van der Waals surface area contributed by atoms with Gasteiger partial charge in [0, 0.05) is 19.3 Å². The number of carboxylic acid groups (broad SMARTS) is 3. The Kier molecular flexibility index (Phi) is 26.9. The largest absolute Gasteiger partial charge is 0.481 e. The van der Waals surface area contributed by atoms with E-state index in [1.807, 2.05) is 0 Å². The third kappa shape index (κ3) is 28.0. The highest BCUT2D eigenvalue weighted by Gasteiger charge is 2.27. The topological polar surface area (TPSA) is 112 Å². The predicted molar refractivity (Wildman–Crippen MR) is 168 cm³/mol. The highest BCUT2D eigenvalue weighted by Crippen LogP contribution is 2.19. The molecule has 0 unspecified atom stereocenters. The minimum atomic E-state index is -0.825. The first-order valence-corrected chi connectivity index (χ1v) is 17.0. The number of rotatable bonds is 32. The lowest BCUT2D eigenvalue weighted by molar-refractivity contribution is -0.929. The molecule has 3 N–H and O–H groups in total. The summed E-state index contributed by atoms with van der Waals surface area (Å²) in [5.41, 5.74) is 0. The average Bonchev–Trinajstić information content (AvgIpc) is 2.91. The van der Waals surface area contributed by atoms with Crippen LogP contribution in [0.3, 0.4) is 0 Å². The van der Waals surface area contributed by atoms with Crippen molar-refractivity contribution in [2.75, 3.05) is 26.2 Å². The molecule has 0 aliphatic rings. The molecule has 0 rings (SSSR count). The van der Waals surface area contributed by atoms with Gasteiger partial charge in [0.05, 0.1) is 45.4 Å². The summed E-state index contributed by atoms with van der Waals surface area (Å²) in [6, 6.07) is 0. The van der Waals surface area contributed by atoms with Gasteiger partial charge in [0.15, 0.2) is 0 Å². The van der Waals surface area contributed by atoms with Gasteiger partial charge in [-0.05, 0) is 38.5 Å². The summed E-state index contributed by atoms with van der Waals surface area (Å²) in [7, 11) is 0. The molecule has 0 radical (unpaired) electrons. The van der Waals surface area contributed by atoms with Crippen LogP contribution >= 0.6 is 0 Å². The second-order valence-corrected chi connectivity index (χ2v) is 12.1. The van der Waals surface area contributed by atoms with Gasteiger partial charge in [-0.2, -0.15) is 0 Å². The summed E-state index contributed by atoms with van der Waals surface area (Å²) in [5, 5.41) is 27.3. The molecular formula is C34H64NO6+. The quantitative estimate of drug-likeness (QED) is 0.0414. The van der Waals surface area contributed by atoms with Crippen LogP contribution in [0.5, 0.6) is 0 Å². The summed E-state index contributed by atoms with van der Waals surface area (Å²) in [5.74, 6) is -2.47. The lowest BCUT2D eigenvalue weighted by atomic mass is 10.0. The lowest BCUT2D eigenvalue weighted by Crippen LogP contribution is -2.51. The maximum atomic E-state index is 11.1. The molecule has 0 amide bonds. The van der Waals surface area contributed by atoms with Gasteiger partial charge in [-0.1, -0.05) is 96.1 Å². The highest BCUT2D eigenvalue weighted by atomic mass is 16.4. The van der Waals surface area contributed by atoms with E-state index in [9.17, 15) is 14.4 Å². The van der Waals surface area contributed by atoms with E-state index in [4.69, 9.17) is 15.3 Å². The van der Waals surface area contributed by atoms with E-state index in [2.05, 4.69) is 19.1 Å². The van der Waals surface area contributed by atoms with Crippen molar-refractivity contribution < 1.29 is 34.2 Å². The SMILES string of the molecule is CCCCCCCCC/C=C/CCCCCCCCCCC[N+](CCCC(=O)O)(CCCC(=O)O)CCCC(=O)O. The van der Waals surface area contributed by atoms with Crippen molar-refractivity contribution in [1.29, 1.82) is 0 Å². The Hall–Kier alpha value is -1.89. The first kappa shape index (κ1) is 39.1. The monoisotopic (exact) mass is 582 g/mol. The van der Waals surface area contributed by atoms with Gasteiger partial charge in [-0.25, -0.2) is 0 Å². The molecular weight excluding hydrogens is 518 g/mol. The number of nitrogens with zero attached hydrogens (tertiary/aromatic N) is 1. The van der Waals surface area contributed by atoms with E-state index in [1.165, 1.54) is 103 Å². The summed E-state index contributed by atoms with van der Waals surface area (Å²) in [6.45, 7) is 5.13. The minimum Gasteiger partial charge on any atom is -0.481 e. The maximum Gasteiger partial charge on any atom is 0.303 e. The molecule has 0 bridgehead atoms. The molecule has 0 saturated carbocycles. The molecule has 0 atom stereocenters. The number of allylic oxidation sites excluding steroid dienone is 2. The van der Waals surface area contributed by atoms with Crippen molar-refractivity contribution in [3.8, 4) is 0 Å². The second-order valence-electron chi connectivity index (χ2n) is 12.1. The van der Waals surface area contributed by atoms with Crippen LogP contribution in [0, 0.1) is 0 Å². The Morgan fingerprint density at radius 1 is 0.439 bits per heavy atom. The third-order valence-corrected chi connectivity index (χ3v) is 8.21. The average molecular weight is 583 g/mol. The number of hydrogen-bond donors (Lipinski definition) is 3. The predicted octanol–water partition coefficient (Wildman–Crippen LogP) is 9.00. The van der Waals surface area contributed by atoms with Crippen LogP contribution < -0.4 is 0 Å². The van der Waals surface area contributed by atoms with Crippen LogP contribution in [0.15, 0.2) is 12.2 Å². The Morgan fingerprint density at radius 3 is 1.07 bits per heavy atom. The van der Waals surface area contributed by atoms with Crippen molar-refractivity contribution >= 4 is 17.9 Å². The van der Waals surface area contributed by atoms with Gasteiger partial charge in [-0.3, -0.25) is 14.4 Å². The first-order chi connectivity index (χ1) is 19.8. The van der Waals surface area contributed by atoms with Crippen LogP contribution in [0.1, 0.15) is 161 Å². The zero-order valence-electron chi connectivity index (χ0n) is 26.5. The van der Waals surface area contributed by atoms with Crippen molar-refractivity contribution in [1.82, 2.24) is 0 Å². The maximum absolute atomic E-state index is 11.1. The number of aliphatic carboxylic acids is 3. The van der Waals surface area contributed by atoms with Crippen molar-refractivity contribution in [3.63, 3.8) is 0 Å². The molecule has 0 aliphatic carbocycles. The molecule has 0 saturated heterocycles. The van der Waals surface area contributed by atoms with Gasteiger partial charge in [0.25, 0.3) is 0 Å². The minimum absolute atomic E-state index is 0.0907. The normalized spacial score (nSPS) is 11.8. The number of carboxylic acids is 3. The van der Waals surface area contributed by atoms with E-state index in [0.717, 1.165) is 19.4 Å². The molecule has 240 valence electrons. The van der Waals surface area contributed by atoms with Crippen LogP contribution in [-0.4, -0.2) is 63.9 Å². The molecule has 0 aliphatic heterocycles. The van der Waals surface area contributed by atoms with Gasteiger partial charge in [-0.15, -0.1) is 0 Å². The van der Waals surface area contributed by atoms with Gasteiger partial charge >= 0.3 is 17.9 Å². The fourth-order valence-electron chi connectivity index (χ4n) is 5.77. The van der Waals surface area contributed by atoms with E-state index >= 15 is 0 Å². The fourth-order valence-corrected chi connectivity index (χ4v) is 5.77. The van der Waals surface area contributed by atoms with Crippen molar-refractivity contribution in [2.45, 2.75) is 161 Å². The van der Waals surface area contributed by atoms with Crippen LogP contribution in [-0.2, 0) is 14.4 Å². The van der Waals surface area contributed by atoms with Crippen LogP contribution in [0.25, 0.3) is 0 Å². The summed E-state index contributed by atoms with van der Waals surface area (Å²) < 4.78 is 0.640. The molecule has 0 aromatic carbocycles. The lowest BCUT2D eigenvalue weighted by Gasteiger charge is -2.39. The van der Waals surface area contributed by atoms with Crippen LogP contribution in [0.2, 0.25) is 0 Å². The molecule has 0 aromatic heterocycles. The molecule has 0 heterocycles. The number of unbranched alkanes of at least 4 members (excludes halogenated alkanes) is 16. The highest BCUT2D eigenvalue weighted by molar-refractivity contribution is 5.67. The van der Waals surface area contributed by atoms with E-state index in [-0.39, 0.29) is 19.3 Å². The number of carbonyl (C=O) groups is 3. The smallest absolute Gasteiger partial charge is 0.303 e. The number of quaternary nitrogens is 1. The Balaban J connectivity index is 4.10. The van der Waals surface area contributed by atoms with Crippen molar-refractivity contribution in [3.05, 3.63) is 12.2 Å². The Labute approximate surface area is 251 Å². The number of hydrogen-bond acceptors (Lipinski definition) is 3. The van der Waals surface area contributed by atoms with E-state index < -0.39 is 17.9 Å². The summed E-state index contributed by atoms with van der Waals surface area (Å²) >= 11 is 0. The van der Waals surface area contributed by atoms with Crippen molar-refractivity contribution in [2.24, 2.45) is 0 Å². The Morgan fingerprint density at radius 2 is 0.732 bits per heavy atom. The molecule has 0 aromatic rings. The first-order valence-electron chi connectivity index (χ1n) is 17.0. The molecule has 0 spiro atoms. The van der Waals surface area contributed by atoms with Gasteiger partial charge < -0.3 is 19.8 Å². The van der Waals surface area contributed by atoms with E-state index in [1.54, 1.807) is 0 Å². The van der Waals surface area contributed by atoms with Crippen LogP contribution in [0.4, 0.5) is 0 Å². The third-order valence-electron chi connectivity index (χ3n) is 8.21. The summed E-state index contributed by atoms with van der Waals surface area (Å²) in [6.07, 6.45) is 29.7. The fraction of sp³-hybridized carbons (Fsp3) is 0.853. The Bertz CT molecular complexity index is 628. The molecule has 0 fully saturated rings. The molecule has 7 nitrogen and oxygen atoms in total. The zero-order valence-corrected chi connectivity index (χ0v) is 26.5. The molecule has 41 heavy (non-hydrogen) atoms. The summed E-state index contributed by atoms with van der Waals surface area (Å²) in [4.78, 5) is 33.2. The van der Waals surface area contributed by atoms with Gasteiger partial charge in [0.1, 0.15) is 0 Å².